The van der Waals surface area contributed by atoms with Crippen LogP contribution in [0.15, 0.2) is 22.9 Å². The second-order valence-corrected chi connectivity index (χ2v) is 3.03. The minimum Gasteiger partial charge on any atom is -0.478 e. The van der Waals surface area contributed by atoms with Crippen molar-refractivity contribution in [2.45, 2.75) is 0 Å². The number of carboxylic acids is 1. The lowest BCUT2D eigenvalue weighted by Gasteiger charge is -1.89. The van der Waals surface area contributed by atoms with Gasteiger partial charge in [-0.05, 0) is 16.8 Å². The molecule has 0 unspecified atom stereocenters. The third-order valence-corrected chi connectivity index (χ3v) is 2.06. The van der Waals surface area contributed by atoms with Crippen molar-refractivity contribution in [1.29, 1.82) is 0 Å². The van der Waals surface area contributed by atoms with E-state index in [1.165, 1.54) is 11.3 Å². The minimum absolute atomic E-state index is 0.263. The summed E-state index contributed by atoms with van der Waals surface area (Å²) in [7, 11) is 0. The van der Waals surface area contributed by atoms with Gasteiger partial charge in [0.1, 0.15) is 0 Å². The Kier molecular flexibility index (Phi) is 2.68. The summed E-state index contributed by atoms with van der Waals surface area (Å²) in [4.78, 5) is 10.1. The molecule has 1 aromatic rings. The maximum Gasteiger partial charge on any atom is 0.329 e. The first-order valence-electron chi connectivity index (χ1n) is 2.83. The van der Waals surface area contributed by atoms with E-state index in [0.29, 0.717) is 0 Å². The van der Waals surface area contributed by atoms with Crippen LogP contribution in [0.2, 0.25) is 0 Å². The summed E-state index contributed by atoms with van der Waals surface area (Å²) < 4.78 is 0. The Balaban J connectivity index is 2.86. The van der Waals surface area contributed by atoms with E-state index in [1.54, 1.807) is 11.4 Å². The number of halogens is 1. The molecule has 0 radical (unpaired) electrons. The van der Waals surface area contributed by atoms with Crippen LogP contribution in [-0.2, 0) is 4.79 Å². The van der Waals surface area contributed by atoms with Crippen molar-refractivity contribution < 1.29 is 9.90 Å². The van der Waals surface area contributed by atoms with Gasteiger partial charge in [0.2, 0.25) is 0 Å². The van der Waals surface area contributed by atoms with Crippen molar-refractivity contribution in [2.24, 2.45) is 0 Å². The number of thiophene rings is 1. The Labute approximate surface area is 72.7 Å². The maximum absolute atomic E-state index is 10.1. The third-order valence-electron chi connectivity index (χ3n) is 1.05. The summed E-state index contributed by atoms with van der Waals surface area (Å²) in [6, 6.07) is 1.77. The van der Waals surface area contributed by atoms with Gasteiger partial charge in [-0.25, -0.2) is 4.79 Å². The second kappa shape index (κ2) is 3.55. The van der Waals surface area contributed by atoms with Crippen molar-refractivity contribution in [3.8, 4) is 0 Å². The molecule has 0 atom stereocenters. The van der Waals surface area contributed by atoms with E-state index in [4.69, 9.17) is 16.7 Å². The SMILES string of the molecule is O=C(O)/C=C(/Cl)c1ccsc1. The average Bonchev–Trinajstić information content (AvgIpc) is 2.35. The smallest absolute Gasteiger partial charge is 0.329 e. The zero-order valence-corrected chi connectivity index (χ0v) is 7.02. The lowest BCUT2D eigenvalue weighted by atomic mass is 10.3. The maximum atomic E-state index is 10.1. The molecule has 58 valence electrons. The standard InChI is InChI=1S/C7H5ClO2S/c8-6(3-7(9)10)5-1-2-11-4-5/h1-4H,(H,9,10)/b6-3+. The normalized spacial score (nSPS) is 11.5. The molecule has 1 N–H and O–H groups in total. The van der Waals surface area contributed by atoms with Crippen LogP contribution >= 0.6 is 22.9 Å². The van der Waals surface area contributed by atoms with Crippen LogP contribution in [0.4, 0.5) is 0 Å². The van der Waals surface area contributed by atoms with Crippen molar-refractivity contribution in [3.63, 3.8) is 0 Å². The summed E-state index contributed by atoms with van der Waals surface area (Å²) >= 11 is 7.11. The molecule has 0 saturated carbocycles. The van der Waals surface area contributed by atoms with Gasteiger partial charge in [0.05, 0.1) is 5.03 Å². The molecule has 0 aliphatic carbocycles. The number of carbonyl (C=O) groups is 1. The first kappa shape index (κ1) is 8.30. The van der Waals surface area contributed by atoms with E-state index < -0.39 is 5.97 Å². The van der Waals surface area contributed by atoms with Crippen LogP contribution in [-0.4, -0.2) is 11.1 Å². The first-order chi connectivity index (χ1) is 5.20. The summed E-state index contributed by atoms with van der Waals surface area (Å²) in [6.07, 6.45) is 0.976. The monoisotopic (exact) mass is 188 g/mol. The quantitative estimate of drug-likeness (QED) is 0.724. The Morgan fingerprint density at radius 2 is 2.45 bits per heavy atom. The van der Waals surface area contributed by atoms with E-state index in [0.717, 1.165) is 11.6 Å². The molecule has 0 aliphatic heterocycles. The van der Waals surface area contributed by atoms with Crippen LogP contribution in [0.1, 0.15) is 5.56 Å². The minimum atomic E-state index is -1.03. The highest BCUT2D eigenvalue weighted by Crippen LogP contribution is 2.20. The fourth-order valence-electron chi connectivity index (χ4n) is 0.592. The lowest BCUT2D eigenvalue weighted by molar-refractivity contribution is -0.131. The highest BCUT2D eigenvalue weighted by atomic mass is 35.5. The Morgan fingerprint density at radius 1 is 1.73 bits per heavy atom. The number of rotatable bonds is 2. The summed E-state index contributed by atoms with van der Waals surface area (Å²) in [5, 5.41) is 12.2. The van der Waals surface area contributed by atoms with Crippen LogP contribution < -0.4 is 0 Å². The molecular formula is C7H5ClO2S. The molecule has 0 amide bonds. The zero-order valence-electron chi connectivity index (χ0n) is 5.45. The van der Waals surface area contributed by atoms with Crippen LogP contribution in [0.5, 0.6) is 0 Å². The molecule has 0 spiro atoms. The third kappa shape index (κ3) is 2.37. The molecule has 0 bridgehead atoms. The van der Waals surface area contributed by atoms with Gasteiger partial charge in [-0.3, -0.25) is 0 Å². The fourth-order valence-corrected chi connectivity index (χ4v) is 1.52. The number of hydrogen-bond donors (Lipinski definition) is 1. The molecule has 0 saturated heterocycles. The molecule has 1 aromatic heterocycles. The van der Waals surface area contributed by atoms with Gasteiger partial charge in [0.25, 0.3) is 0 Å². The van der Waals surface area contributed by atoms with Crippen LogP contribution in [0.25, 0.3) is 5.03 Å². The lowest BCUT2D eigenvalue weighted by Crippen LogP contribution is -1.87. The summed E-state index contributed by atoms with van der Waals surface area (Å²) in [5.41, 5.74) is 0.749. The van der Waals surface area contributed by atoms with E-state index >= 15 is 0 Å². The van der Waals surface area contributed by atoms with Gasteiger partial charge in [-0.1, -0.05) is 11.6 Å². The van der Waals surface area contributed by atoms with Gasteiger partial charge in [-0.15, -0.1) is 0 Å². The first-order valence-corrected chi connectivity index (χ1v) is 4.15. The summed E-state index contributed by atoms with van der Waals surface area (Å²) in [6.45, 7) is 0. The van der Waals surface area contributed by atoms with E-state index in [-0.39, 0.29) is 5.03 Å². The number of aliphatic carboxylic acids is 1. The molecule has 4 heteroatoms. The zero-order chi connectivity index (χ0) is 8.27. The predicted octanol–water partition coefficient (Wildman–Crippen LogP) is 2.41. The van der Waals surface area contributed by atoms with E-state index in [1.807, 2.05) is 5.38 Å². The molecule has 1 rings (SSSR count). The average molecular weight is 189 g/mol. The molecule has 0 fully saturated rings. The molecule has 0 aromatic carbocycles. The topological polar surface area (TPSA) is 37.3 Å². The highest BCUT2D eigenvalue weighted by molar-refractivity contribution is 7.08. The predicted molar refractivity (Wildman–Crippen MR) is 45.8 cm³/mol. The molecule has 2 nitrogen and oxygen atoms in total. The van der Waals surface area contributed by atoms with E-state index in [9.17, 15) is 4.79 Å². The number of hydrogen-bond acceptors (Lipinski definition) is 2. The Hall–Kier alpha value is -0.800. The second-order valence-electron chi connectivity index (χ2n) is 1.84. The van der Waals surface area contributed by atoms with Crippen LogP contribution in [0, 0.1) is 0 Å². The molecular weight excluding hydrogens is 184 g/mol. The summed E-state index contributed by atoms with van der Waals surface area (Å²) in [5.74, 6) is -1.03. The van der Waals surface area contributed by atoms with Gasteiger partial charge in [-0.2, -0.15) is 11.3 Å². The largest absolute Gasteiger partial charge is 0.478 e. The van der Waals surface area contributed by atoms with Crippen molar-refractivity contribution in [2.75, 3.05) is 0 Å². The van der Waals surface area contributed by atoms with Crippen molar-refractivity contribution in [3.05, 3.63) is 28.5 Å². The highest BCUT2D eigenvalue weighted by Gasteiger charge is 1.99. The number of carboxylic acid groups (broad SMARTS) is 1. The Bertz CT molecular complexity index is 277. The van der Waals surface area contributed by atoms with Gasteiger partial charge < -0.3 is 5.11 Å². The van der Waals surface area contributed by atoms with Gasteiger partial charge in [0, 0.05) is 11.6 Å². The molecule has 0 aliphatic rings. The van der Waals surface area contributed by atoms with Crippen molar-refractivity contribution in [1.82, 2.24) is 0 Å². The fraction of sp³-hybridized carbons (Fsp3) is 0. The van der Waals surface area contributed by atoms with Gasteiger partial charge >= 0.3 is 5.97 Å². The molecule has 1 heterocycles. The van der Waals surface area contributed by atoms with Crippen LogP contribution in [0.3, 0.4) is 0 Å². The van der Waals surface area contributed by atoms with E-state index in [2.05, 4.69) is 0 Å². The van der Waals surface area contributed by atoms with Crippen molar-refractivity contribution >= 4 is 33.9 Å². The van der Waals surface area contributed by atoms with Gasteiger partial charge in [0.15, 0.2) is 0 Å². The molecule has 11 heavy (non-hydrogen) atoms. The Morgan fingerprint density at radius 3 is 2.91 bits per heavy atom.